The Bertz CT molecular complexity index is 1060. The van der Waals surface area contributed by atoms with Gasteiger partial charge < -0.3 is 38.0 Å². The molecule has 0 fully saturated rings. The zero-order valence-corrected chi connectivity index (χ0v) is 18.1. The van der Waals surface area contributed by atoms with E-state index in [2.05, 4.69) is 10.6 Å². The number of primary amides is 1. The predicted octanol–water partition coefficient (Wildman–Crippen LogP) is -0.615. The molecule has 1 aliphatic rings. The van der Waals surface area contributed by atoms with Crippen molar-refractivity contribution in [2.75, 3.05) is 6.54 Å². The number of carbonyl (C=O) groups is 3. The Morgan fingerprint density at radius 2 is 1.76 bits per heavy atom. The molecule has 0 radical (unpaired) electrons. The molecule has 3 amide bonds. The predicted molar refractivity (Wildman–Crippen MR) is 122 cm³/mol. The molecular formula is C23H29N5O5. The number of amides is 3. The highest BCUT2D eigenvalue weighted by molar-refractivity contribution is 5.93. The number of aromatic hydroxyl groups is 2. The lowest BCUT2D eigenvalue weighted by Crippen LogP contribution is -2.56. The first kappa shape index (κ1) is 24.0. The number of phenolic OH excluding ortho intramolecular Hbond substituents is 2. The van der Waals surface area contributed by atoms with E-state index >= 15 is 0 Å². The van der Waals surface area contributed by atoms with Gasteiger partial charge in [0.1, 0.15) is 23.6 Å². The van der Waals surface area contributed by atoms with Crippen molar-refractivity contribution in [1.82, 2.24) is 10.6 Å². The van der Waals surface area contributed by atoms with Crippen molar-refractivity contribution in [1.29, 1.82) is 0 Å². The van der Waals surface area contributed by atoms with Gasteiger partial charge in [0.05, 0.1) is 6.04 Å². The average Bonchev–Trinajstić information content (AvgIpc) is 2.76. The molecule has 10 N–H and O–H groups in total. The molecule has 0 saturated carbocycles. The van der Waals surface area contributed by atoms with E-state index in [4.69, 9.17) is 17.2 Å². The number of benzene rings is 2. The van der Waals surface area contributed by atoms with Crippen LogP contribution in [0, 0.1) is 0 Å². The van der Waals surface area contributed by atoms with Crippen molar-refractivity contribution < 1.29 is 24.6 Å². The minimum Gasteiger partial charge on any atom is -0.508 e. The van der Waals surface area contributed by atoms with Crippen LogP contribution in [0.25, 0.3) is 11.1 Å². The van der Waals surface area contributed by atoms with Gasteiger partial charge in [-0.2, -0.15) is 0 Å². The smallest absolute Gasteiger partial charge is 0.243 e. The van der Waals surface area contributed by atoms with Gasteiger partial charge in [-0.3, -0.25) is 14.4 Å². The summed E-state index contributed by atoms with van der Waals surface area (Å²) in [6.45, 7) is 0.303. The third kappa shape index (κ3) is 5.99. The Kier molecular flexibility index (Phi) is 7.52. The molecule has 0 spiro atoms. The summed E-state index contributed by atoms with van der Waals surface area (Å²) in [5.74, 6) is -2.00. The molecule has 1 aliphatic heterocycles. The number of rotatable bonds is 4. The summed E-state index contributed by atoms with van der Waals surface area (Å²) >= 11 is 0. The number of phenols is 2. The van der Waals surface area contributed by atoms with Crippen molar-refractivity contribution in [2.24, 2.45) is 17.2 Å². The molecule has 3 atom stereocenters. The molecule has 10 nitrogen and oxygen atoms in total. The lowest BCUT2D eigenvalue weighted by molar-refractivity contribution is -0.131. The minimum atomic E-state index is -1.07. The topological polar surface area (TPSA) is 194 Å². The molecular weight excluding hydrogens is 426 g/mol. The van der Waals surface area contributed by atoms with Gasteiger partial charge in [0.15, 0.2) is 0 Å². The number of hydrogen-bond acceptors (Lipinski definition) is 7. The average molecular weight is 456 g/mol. The molecule has 1 unspecified atom stereocenters. The van der Waals surface area contributed by atoms with Crippen LogP contribution in [0.5, 0.6) is 11.5 Å². The van der Waals surface area contributed by atoms with Gasteiger partial charge in [0, 0.05) is 12.8 Å². The second-order valence-corrected chi connectivity index (χ2v) is 8.20. The van der Waals surface area contributed by atoms with Crippen molar-refractivity contribution >= 4 is 17.7 Å². The highest BCUT2D eigenvalue weighted by atomic mass is 16.3. The first-order valence-corrected chi connectivity index (χ1v) is 10.7. The third-order valence-corrected chi connectivity index (χ3v) is 5.60. The van der Waals surface area contributed by atoms with Crippen LogP contribution in [0.4, 0.5) is 0 Å². The van der Waals surface area contributed by atoms with Crippen LogP contribution in [0.1, 0.15) is 24.0 Å². The van der Waals surface area contributed by atoms with Gasteiger partial charge in [0.25, 0.3) is 0 Å². The van der Waals surface area contributed by atoms with Crippen LogP contribution < -0.4 is 27.8 Å². The van der Waals surface area contributed by atoms with Crippen LogP contribution in [0.15, 0.2) is 36.4 Å². The summed E-state index contributed by atoms with van der Waals surface area (Å²) in [5, 5.41) is 25.8. The molecule has 0 aliphatic carbocycles. The van der Waals surface area contributed by atoms with Crippen molar-refractivity contribution in [2.45, 2.75) is 43.8 Å². The summed E-state index contributed by atoms with van der Waals surface area (Å²) < 4.78 is 0. The van der Waals surface area contributed by atoms with Gasteiger partial charge in [-0.1, -0.05) is 12.1 Å². The van der Waals surface area contributed by atoms with Crippen molar-refractivity contribution in [3.8, 4) is 22.6 Å². The molecule has 2 aromatic carbocycles. The Morgan fingerprint density at radius 3 is 2.45 bits per heavy atom. The molecule has 33 heavy (non-hydrogen) atoms. The lowest BCUT2D eigenvalue weighted by atomic mass is 9.95. The van der Waals surface area contributed by atoms with Gasteiger partial charge in [-0.15, -0.1) is 0 Å². The highest BCUT2D eigenvalue weighted by Crippen LogP contribution is 2.30. The molecule has 1 heterocycles. The van der Waals surface area contributed by atoms with Crippen LogP contribution >= 0.6 is 0 Å². The maximum Gasteiger partial charge on any atom is 0.243 e. The van der Waals surface area contributed by atoms with E-state index in [0.717, 1.165) is 0 Å². The maximum atomic E-state index is 12.9. The van der Waals surface area contributed by atoms with E-state index in [1.165, 1.54) is 18.2 Å². The van der Waals surface area contributed by atoms with Crippen molar-refractivity contribution in [3.63, 3.8) is 0 Å². The number of nitrogens with two attached hydrogens (primary N) is 3. The number of fused-ring (bicyclic) bond motifs is 5. The van der Waals surface area contributed by atoms with E-state index in [1.54, 1.807) is 18.2 Å². The zero-order chi connectivity index (χ0) is 24.1. The molecule has 10 heteroatoms. The van der Waals surface area contributed by atoms with Gasteiger partial charge in [-0.05, 0) is 65.9 Å². The largest absolute Gasteiger partial charge is 0.508 e. The standard InChI is InChI=1S/C23H29N5O5/c24-5-1-2-18-23(33)28-19(21(26)31)8-12-6-14(10-16(29)7-12)13-3-4-20(30)15(9-13)11-17(25)22(32)27-18/h3-4,6-7,9-10,17-19,29-30H,1-2,5,8,11,24-25H2,(H2,26,31)(H,27,32)(H,28,33)/t17-,18-,19?/m0/s1. The second kappa shape index (κ2) is 10.3. The SMILES string of the molecule is NCCC[C@@H]1NC(=O)[C@@H](N)Cc2cc(ccc2O)-c2cc(O)cc(c2)CC(C(N)=O)NC1=O. The summed E-state index contributed by atoms with van der Waals surface area (Å²) in [6.07, 6.45) is 0.744. The van der Waals surface area contributed by atoms with E-state index in [9.17, 15) is 24.6 Å². The molecule has 0 aromatic heterocycles. The van der Waals surface area contributed by atoms with E-state index in [-0.39, 0.29) is 30.8 Å². The van der Waals surface area contributed by atoms with E-state index in [1.807, 2.05) is 0 Å². The van der Waals surface area contributed by atoms with Gasteiger partial charge in [0.2, 0.25) is 17.7 Å². The first-order valence-electron chi connectivity index (χ1n) is 10.7. The molecule has 3 rings (SSSR count). The van der Waals surface area contributed by atoms with Crippen LogP contribution in [0.2, 0.25) is 0 Å². The summed E-state index contributed by atoms with van der Waals surface area (Å²) in [6, 6.07) is 6.51. The third-order valence-electron chi connectivity index (χ3n) is 5.60. The fraction of sp³-hybridized carbons (Fsp3) is 0.348. The summed E-state index contributed by atoms with van der Waals surface area (Å²) in [7, 11) is 0. The highest BCUT2D eigenvalue weighted by Gasteiger charge is 2.28. The Hall–Kier alpha value is -3.63. The monoisotopic (exact) mass is 455 g/mol. The zero-order valence-electron chi connectivity index (χ0n) is 18.1. The minimum absolute atomic E-state index is 0.0202. The molecule has 2 aromatic rings. The number of hydrogen-bond donors (Lipinski definition) is 7. The fourth-order valence-corrected chi connectivity index (χ4v) is 3.82. The van der Waals surface area contributed by atoms with Gasteiger partial charge >= 0.3 is 0 Å². The molecule has 4 bridgehead atoms. The second-order valence-electron chi connectivity index (χ2n) is 8.20. The van der Waals surface area contributed by atoms with Crippen LogP contribution in [0.3, 0.4) is 0 Å². The van der Waals surface area contributed by atoms with E-state index < -0.39 is 35.8 Å². The molecule has 176 valence electrons. The maximum absolute atomic E-state index is 12.9. The lowest BCUT2D eigenvalue weighted by Gasteiger charge is -2.23. The van der Waals surface area contributed by atoms with Crippen LogP contribution in [-0.2, 0) is 27.2 Å². The number of nitrogens with one attached hydrogen (secondary N) is 2. The fourth-order valence-electron chi connectivity index (χ4n) is 3.82. The van der Waals surface area contributed by atoms with E-state index in [0.29, 0.717) is 35.2 Å². The normalized spacial score (nSPS) is 21.3. The summed E-state index contributed by atoms with van der Waals surface area (Å²) in [4.78, 5) is 37.7. The van der Waals surface area contributed by atoms with Gasteiger partial charge in [-0.25, -0.2) is 0 Å². The first-order chi connectivity index (χ1) is 15.7. The Labute approximate surface area is 191 Å². The number of carbonyl (C=O) groups excluding carboxylic acids is 3. The van der Waals surface area contributed by atoms with Crippen molar-refractivity contribution in [3.05, 3.63) is 47.5 Å². The molecule has 0 saturated heterocycles. The Morgan fingerprint density at radius 1 is 1.00 bits per heavy atom. The summed E-state index contributed by atoms with van der Waals surface area (Å²) in [5.41, 5.74) is 19.5. The van der Waals surface area contributed by atoms with Crippen LogP contribution in [-0.4, -0.2) is 52.6 Å². The quantitative estimate of drug-likeness (QED) is 0.319. The Balaban J connectivity index is 2.08.